The fourth-order valence-electron chi connectivity index (χ4n) is 0.895. The molecule has 1 rings (SSSR count). The minimum absolute atomic E-state index is 0. The first kappa shape index (κ1) is 11.3. The molecule has 0 aliphatic rings. The molecule has 0 spiro atoms. The van der Waals surface area contributed by atoms with E-state index in [9.17, 15) is 4.39 Å². The van der Waals surface area contributed by atoms with E-state index in [0.29, 0.717) is 6.42 Å². The molecule has 1 aromatic rings. The Morgan fingerprint density at radius 1 is 1.42 bits per heavy atom. The zero-order valence-corrected chi connectivity index (χ0v) is 7.43. The Labute approximate surface area is 77.4 Å². The quantitative estimate of drug-likeness (QED) is 0.791. The van der Waals surface area contributed by atoms with Crippen LogP contribution in [0.1, 0.15) is 18.0 Å². The first-order chi connectivity index (χ1) is 5.34. The summed E-state index contributed by atoms with van der Waals surface area (Å²) in [5.41, 5.74) is 6.58. The van der Waals surface area contributed by atoms with Crippen molar-refractivity contribution in [2.24, 2.45) is 5.73 Å². The molecule has 0 fully saturated rings. The lowest BCUT2D eigenvalue weighted by atomic mass is 10.1. The summed E-state index contributed by atoms with van der Waals surface area (Å²) < 4.78 is 11.8. The second kappa shape index (κ2) is 5.91. The van der Waals surface area contributed by atoms with E-state index in [2.05, 4.69) is 4.98 Å². The Balaban J connectivity index is 0.00000121. The van der Waals surface area contributed by atoms with Gasteiger partial charge >= 0.3 is 0 Å². The third-order valence-corrected chi connectivity index (χ3v) is 1.55. The van der Waals surface area contributed by atoms with E-state index < -0.39 is 0 Å². The Kier molecular flexibility index (Phi) is 5.58. The molecule has 0 unspecified atom stereocenters. The molecule has 0 aliphatic carbocycles. The van der Waals surface area contributed by atoms with Crippen LogP contribution in [0.5, 0.6) is 0 Å². The van der Waals surface area contributed by atoms with Gasteiger partial charge in [-0.15, -0.1) is 12.4 Å². The molecule has 2 nitrogen and oxygen atoms in total. The summed E-state index contributed by atoms with van der Waals surface area (Å²) >= 11 is 0. The minimum Gasteiger partial charge on any atom is -0.324 e. The Bertz CT molecular complexity index is 205. The highest BCUT2D eigenvalue weighted by Crippen LogP contribution is 2.11. The molecule has 68 valence electrons. The van der Waals surface area contributed by atoms with Crippen molar-refractivity contribution in [2.45, 2.75) is 12.5 Å². The molecule has 0 radical (unpaired) electrons. The lowest BCUT2D eigenvalue weighted by Gasteiger charge is -2.07. The van der Waals surface area contributed by atoms with Gasteiger partial charge in [-0.3, -0.25) is 9.37 Å². The van der Waals surface area contributed by atoms with E-state index in [-0.39, 0.29) is 25.1 Å². The summed E-state index contributed by atoms with van der Waals surface area (Å²) in [4.78, 5) is 3.84. The number of hydrogen-bond donors (Lipinski definition) is 1. The van der Waals surface area contributed by atoms with Gasteiger partial charge in [0.05, 0.1) is 6.67 Å². The van der Waals surface area contributed by atoms with Crippen molar-refractivity contribution in [2.75, 3.05) is 6.67 Å². The molecular weight excluding hydrogens is 179 g/mol. The summed E-state index contributed by atoms with van der Waals surface area (Å²) in [5.74, 6) is 0. The maximum Gasteiger partial charge on any atom is 0.0912 e. The van der Waals surface area contributed by atoms with Gasteiger partial charge in [0.2, 0.25) is 0 Å². The fourth-order valence-corrected chi connectivity index (χ4v) is 0.895. The van der Waals surface area contributed by atoms with Gasteiger partial charge in [0, 0.05) is 18.4 Å². The van der Waals surface area contributed by atoms with Gasteiger partial charge in [-0.25, -0.2) is 0 Å². The number of hydrogen-bond acceptors (Lipinski definition) is 2. The highest BCUT2D eigenvalue weighted by atomic mass is 35.5. The highest BCUT2D eigenvalue weighted by Gasteiger charge is 2.03. The monoisotopic (exact) mass is 190 g/mol. The molecule has 0 saturated heterocycles. The number of nitrogens with two attached hydrogens (primary N) is 1. The fraction of sp³-hybridized carbons (Fsp3) is 0.375. The van der Waals surface area contributed by atoms with Crippen LogP contribution in [0.3, 0.4) is 0 Å². The Hall–Kier alpha value is -0.670. The minimum atomic E-state index is -0.372. The van der Waals surface area contributed by atoms with E-state index >= 15 is 0 Å². The number of pyridine rings is 1. The third-order valence-electron chi connectivity index (χ3n) is 1.55. The molecule has 1 aromatic heterocycles. The van der Waals surface area contributed by atoms with Gasteiger partial charge < -0.3 is 5.73 Å². The van der Waals surface area contributed by atoms with E-state index in [4.69, 9.17) is 5.73 Å². The maximum atomic E-state index is 11.8. The highest BCUT2D eigenvalue weighted by molar-refractivity contribution is 5.85. The second-order valence-electron chi connectivity index (χ2n) is 2.36. The number of alkyl halides is 1. The molecule has 1 atom stereocenters. The molecule has 12 heavy (non-hydrogen) atoms. The van der Waals surface area contributed by atoms with Crippen molar-refractivity contribution < 1.29 is 4.39 Å². The molecule has 4 heteroatoms. The molecule has 0 aromatic carbocycles. The Morgan fingerprint density at radius 2 is 2.00 bits per heavy atom. The number of nitrogens with zero attached hydrogens (tertiary/aromatic N) is 1. The topological polar surface area (TPSA) is 38.9 Å². The summed E-state index contributed by atoms with van der Waals surface area (Å²) in [6.45, 7) is -0.372. The van der Waals surface area contributed by atoms with Crippen molar-refractivity contribution in [1.29, 1.82) is 0 Å². The van der Waals surface area contributed by atoms with Crippen molar-refractivity contribution in [1.82, 2.24) is 4.98 Å². The molecule has 0 aliphatic heterocycles. The van der Waals surface area contributed by atoms with Crippen LogP contribution in [0.15, 0.2) is 24.5 Å². The van der Waals surface area contributed by atoms with Gasteiger partial charge in [-0.1, -0.05) is 0 Å². The molecule has 0 bridgehead atoms. The molecule has 1 heterocycles. The maximum absolute atomic E-state index is 11.8. The zero-order valence-electron chi connectivity index (χ0n) is 6.61. The smallest absolute Gasteiger partial charge is 0.0912 e. The first-order valence-electron chi connectivity index (χ1n) is 3.56. The van der Waals surface area contributed by atoms with Crippen LogP contribution in [0.2, 0.25) is 0 Å². The van der Waals surface area contributed by atoms with Crippen molar-refractivity contribution >= 4 is 12.4 Å². The van der Waals surface area contributed by atoms with Crippen LogP contribution in [-0.2, 0) is 0 Å². The van der Waals surface area contributed by atoms with E-state index in [1.54, 1.807) is 24.5 Å². The van der Waals surface area contributed by atoms with Gasteiger partial charge in [0.1, 0.15) is 0 Å². The first-order valence-corrected chi connectivity index (χ1v) is 3.56. The number of rotatable bonds is 3. The second-order valence-corrected chi connectivity index (χ2v) is 2.36. The SMILES string of the molecule is Cl.N[C@@H](CCF)c1ccncc1. The van der Waals surface area contributed by atoms with Gasteiger partial charge in [-0.2, -0.15) is 0 Å². The average Bonchev–Trinajstić information content (AvgIpc) is 2.07. The lowest BCUT2D eigenvalue weighted by Crippen LogP contribution is -2.10. The van der Waals surface area contributed by atoms with Crippen LogP contribution in [0.25, 0.3) is 0 Å². The van der Waals surface area contributed by atoms with Gasteiger partial charge in [0.15, 0.2) is 0 Å². The normalized spacial score (nSPS) is 11.8. The summed E-state index contributed by atoms with van der Waals surface area (Å²) in [6, 6.07) is 3.42. The third kappa shape index (κ3) is 3.15. The largest absolute Gasteiger partial charge is 0.324 e. The molecular formula is C8H12ClFN2. The van der Waals surface area contributed by atoms with Crippen LogP contribution in [0, 0.1) is 0 Å². The lowest BCUT2D eigenvalue weighted by molar-refractivity contribution is 0.442. The summed E-state index contributed by atoms with van der Waals surface area (Å²) in [6.07, 6.45) is 3.70. The predicted molar refractivity (Wildman–Crippen MR) is 49.0 cm³/mol. The number of aromatic nitrogens is 1. The predicted octanol–water partition coefficient (Wildman–Crippen LogP) is 1.86. The average molecular weight is 191 g/mol. The summed E-state index contributed by atoms with van der Waals surface area (Å²) in [7, 11) is 0. The summed E-state index contributed by atoms with van der Waals surface area (Å²) in [5, 5.41) is 0. The standard InChI is InChI=1S/C8H11FN2.ClH/c9-4-1-8(10)7-2-5-11-6-3-7;/h2-3,5-6,8H,1,4,10H2;1H/t8-;/m0./s1. The zero-order chi connectivity index (χ0) is 8.10. The van der Waals surface area contributed by atoms with Crippen molar-refractivity contribution in [3.8, 4) is 0 Å². The van der Waals surface area contributed by atoms with E-state index in [1.165, 1.54) is 0 Å². The van der Waals surface area contributed by atoms with Crippen LogP contribution < -0.4 is 5.73 Å². The van der Waals surface area contributed by atoms with Gasteiger partial charge in [-0.05, 0) is 24.1 Å². The molecule has 2 N–H and O–H groups in total. The van der Waals surface area contributed by atoms with Crippen LogP contribution >= 0.6 is 12.4 Å². The molecule has 0 amide bonds. The van der Waals surface area contributed by atoms with Crippen LogP contribution in [0.4, 0.5) is 4.39 Å². The van der Waals surface area contributed by atoms with Crippen molar-refractivity contribution in [3.63, 3.8) is 0 Å². The molecule has 0 saturated carbocycles. The number of halogens is 2. The Morgan fingerprint density at radius 3 is 2.50 bits per heavy atom. The van der Waals surface area contributed by atoms with E-state index in [1.807, 2.05) is 0 Å². The van der Waals surface area contributed by atoms with E-state index in [0.717, 1.165) is 5.56 Å². The van der Waals surface area contributed by atoms with Gasteiger partial charge in [0.25, 0.3) is 0 Å². The van der Waals surface area contributed by atoms with Crippen LogP contribution in [-0.4, -0.2) is 11.7 Å². The van der Waals surface area contributed by atoms with Crippen molar-refractivity contribution in [3.05, 3.63) is 30.1 Å².